The largest absolute Gasteiger partial charge is 0.293 e. The molecule has 0 fully saturated rings. The van der Waals surface area contributed by atoms with E-state index in [0.717, 1.165) is 5.01 Å². The van der Waals surface area contributed by atoms with E-state index >= 15 is 0 Å². The number of hydrogen-bond acceptors (Lipinski definition) is 5. The third-order valence-electron chi connectivity index (χ3n) is 2.96. The van der Waals surface area contributed by atoms with Gasteiger partial charge in [-0.05, 0) is 36.1 Å². The highest BCUT2D eigenvalue weighted by Crippen LogP contribution is 2.22. The van der Waals surface area contributed by atoms with Crippen LogP contribution in [-0.2, 0) is 26.1 Å². The first-order chi connectivity index (χ1) is 10.4. The molecule has 0 spiro atoms. The van der Waals surface area contributed by atoms with Crippen molar-refractivity contribution in [3.8, 4) is 0 Å². The highest BCUT2D eigenvalue weighted by molar-refractivity contribution is 8.00. The summed E-state index contributed by atoms with van der Waals surface area (Å²) in [4.78, 5) is 11.8. The van der Waals surface area contributed by atoms with Gasteiger partial charge in [0.2, 0.25) is 17.2 Å². The van der Waals surface area contributed by atoms with Crippen molar-refractivity contribution in [2.24, 2.45) is 11.3 Å². The van der Waals surface area contributed by atoms with E-state index in [1.807, 2.05) is 20.8 Å². The Hall–Kier alpha value is -1.33. The fourth-order valence-electron chi connectivity index (χ4n) is 1.67. The monoisotopic (exact) mass is 363 g/mol. The zero-order chi connectivity index (χ0) is 17.8. The van der Waals surface area contributed by atoms with E-state index in [2.05, 4.69) is 0 Å². The first kappa shape index (κ1) is 19.7. The highest BCUT2D eigenvalue weighted by atomic mass is 32.3. The lowest BCUT2D eigenvalue weighted by atomic mass is 9.90. The van der Waals surface area contributed by atoms with Crippen molar-refractivity contribution < 1.29 is 22.0 Å². The molecule has 0 saturated heterocycles. The smallest absolute Gasteiger partial charge is 0.253 e. The van der Waals surface area contributed by atoms with Crippen molar-refractivity contribution in [1.82, 2.24) is 4.13 Å². The molecular weight excluding hydrogens is 342 g/mol. The molecule has 0 aliphatic heterocycles. The van der Waals surface area contributed by atoms with Crippen LogP contribution in [0.2, 0.25) is 0 Å². The second kappa shape index (κ2) is 7.49. The number of carbonyl (C=O) groups excluding carboxylic acids is 1. The first-order valence-corrected chi connectivity index (χ1v) is 9.32. The molecule has 10 heteroatoms. The minimum absolute atomic E-state index is 0.0000480. The van der Waals surface area contributed by atoms with Gasteiger partial charge in [0.1, 0.15) is 0 Å². The first-order valence-electron chi connectivity index (χ1n) is 6.73. The predicted molar refractivity (Wildman–Crippen MR) is 87.9 cm³/mol. The van der Waals surface area contributed by atoms with E-state index in [1.54, 1.807) is 0 Å². The van der Waals surface area contributed by atoms with Crippen LogP contribution in [0.3, 0.4) is 0 Å². The van der Waals surface area contributed by atoms with Crippen LogP contribution in [-0.4, -0.2) is 23.1 Å². The van der Waals surface area contributed by atoms with Crippen LogP contribution in [0.5, 0.6) is 0 Å². The van der Waals surface area contributed by atoms with Crippen LogP contribution < -0.4 is 15.0 Å². The Balaban J connectivity index is 2.84. The van der Waals surface area contributed by atoms with Crippen LogP contribution in [0, 0.1) is 5.41 Å². The molecule has 1 aromatic rings. The highest BCUT2D eigenvalue weighted by Gasteiger charge is 2.19. The van der Waals surface area contributed by atoms with Gasteiger partial charge in [0.05, 0.1) is 10.6 Å². The van der Waals surface area contributed by atoms with Gasteiger partial charge in [-0.2, -0.15) is 0 Å². The molecule has 8 nitrogen and oxygen atoms in total. The number of carbonyl (C=O) groups is 1. The number of sulfonamides is 1. The summed E-state index contributed by atoms with van der Waals surface area (Å²) in [5, 5.41) is 0.958. The van der Waals surface area contributed by atoms with E-state index in [9.17, 15) is 17.4 Å². The van der Waals surface area contributed by atoms with Crippen molar-refractivity contribution in [1.29, 1.82) is 0 Å². The third kappa shape index (κ3) is 6.36. The lowest BCUT2D eigenvalue weighted by Crippen LogP contribution is -2.37. The fourth-order valence-corrected chi connectivity index (χ4v) is 3.30. The number of rotatable bonds is 6. The van der Waals surface area contributed by atoms with Gasteiger partial charge in [-0.1, -0.05) is 20.8 Å². The maximum absolute atomic E-state index is 12.0. The molecule has 0 radical (unpaired) electrons. The number of nitrogens with zero attached hydrogens (tertiary/aromatic N) is 1. The third-order valence-corrected chi connectivity index (χ3v) is 5.30. The minimum atomic E-state index is -4.10. The lowest BCUT2D eigenvalue weighted by Gasteiger charge is -2.21. The Morgan fingerprint density at radius 2 is 1.83 bits per heavy atom. The Kier molecular flexibility index (Phi) is 6.42. The molecule has 0 bridgehead atoms. The number of hydrazine groups is 1. The molecule has 1 aromatic carbocycles. The normalized spacial score (nSPS) is 13.6. The van der Waals surface area contributed by atoms with Crippen molar-refractivity contribution in [3.05, 3.63) is 24.3 Å². The van der Waals surface area contributed by atoms with Crippen molar-refractivity contribution >= 4 is 32.9 Å². The van der Waals surface area contributed by atoms with Gasteiger partial charge in [0, 0.05) is 6.42 Å². The van der Waals surface area contributed by atoms with Crippen LogP contribution in [0.15, 0.2) is 29.2 Å². The Morgan fingerprint density at radius 3 is 2.26 bits per heavy atom. The van der Waals surface area contributed by atoms with Gasteiger partial charge in [0.25, 0.3) is 10.0 Å². The molecule has 0 aliphatic rings. The van der Waals surface area contributed by atoms with Gasteiger partial charge in [-0.15, -0.1) is 4.13 Å². The average molecular weight is 363 g/mol. The maximum atomic E-state index is 12.0. The molecule has 1 amide bonds. The molecule has 0 saturated carbocycles. The van der Waals surface area contributed by atoms with Crippen LogP contribution in [0.25, 0.3) is 0 Å². The number of nitrogens with two attached hydrogens (primary N) is 1. The summed E-state index contributed by atoms with van der Waals surface area (Å²) in [6, 6.07) is 5.09. The molecule has 0 heterocycles. The minimum Gasteiger partial charge on any atom is -0.293 e. The Labute approximate surface area is 138 Å². The van der Waals surface area contributed by atoms with Gasteiger partial charge in [-0.25, -0.2) is 23.5 Å². The summed E-state index contributed by atoms with van der Waals surface area (Å²) in [6.07, 6.45) is 0.934. The molecule has 130 valence electrons. The predicted octanol–water partition coefficient (Wildman–Crippen LogP) is 1.13. The maximum Gasteiger partial charge on any atom is 0.253 e. The number of amides is 1. The summed E-state index contributed by atoms with van der Waals surface area (Å²) < 4.78 is 44.1. The van der Waals surface area contributed by atoms with Gasteiger partial charge < -0.3 is 0 Å². The summed E-state index contributed by atoms with van der Waals surface area (Å²) in [5.41, 5.74) is 0.327. The topological polar surface area (TPSA) is 130 Å². The van der Waals surface area contributed by atoms with Crippen molar-refractivity contribution in [2.75, 3.05) is 5.01 Å². The molecule has 1 atom stereocenters. The number of hydrogen-bond donors (Lipinski definition) is 3. The number of benzene rings is 1. The molecule has 0 aromatic heterocycles. The fraction of sp³-hybridized carbons (Fsp3) is 0.462. The Bertz CT molecular complexity index is 681. The molecule has 1 rings (SSSR count). The SMILES string of the molecule is CC(C)(C)CCC(=O)N(N)c1ccc(S(=O)(=O)NS(=O)O)cc1. The quantitative estimate of drug-likeness (QED) is 0.301. The second-order valence-corrected chi connectivity index (χ2v) is 8.80. The average Bonchev–Trinajstić information content (AvgIpc) is 2.42. The second-order valence-electron chi connectivity index (χ2n) is 6.15. The summed E-state index contributed by atoms with van der Waals surface area (Å²) in [5.74, 6) is 5.45. The summed E-state index contributed by atoms with van der Waals surface area (Å²) in [6.45, 7) is 6.04. The van der Waals surface area contributed by atoms with E-state index in [0.29, 0.717) is 12.1 Å². The van der Waals surface area contributed by atoms with E-state index in [1.165, 1.54) is 28.4 Å². The lowest BCUT2D eigenvalue weighted by molar-refractivity contribution is -0.119. The zero-order valence-electron chi connectivity index (χ0n) is 13.1. The van der Waals surface area contributed by atoms with Gasteiger partial charge >= 0.3 is 0 Å². The molecule has 23 heavy (non-hydrogen) atoms. The van der Waals surface area contributed by atoms with Gasteiger partial charge in [0.15, 0.2) is 0 Å². The van der Waals surface area contributed by atoms with Crippen molar-refractivity contribution in [3.63, 3.8) is 0 Å². The van der Waals surface area contributed by atoms with Crippen molar-refractivity contribution in [2.45, 2.75) is 38.5 Å². The molecule has 4 N–H and O–H groups in total. The van der Waals surface area contributed by atoms with E-state index in [-0.39, 0.29) is 22.6 Å². The van der Waals surface area contributed by atoms with E-state index < -0.39 is 21.3 Å². The molecule has 1 unspecified atom stereocenters. The summed E-state index contributed by atoms with van der Waals surface area (Å²) >= 11 is -2.70. The van der Waals surface area contributed by atoms with Crippen LogP contribution in [0.4, 0.5) is 5.69 Å². The zero-order valence-corrected chi connectivity index (χ0v) is 14.8. The van der Waals surface area contributed by atoms with Crippen LogP contribution in [0.1, 0.15) is 33.6 Å². The molecular formula is C13H21N3O5S2. The number of anilines is 1. The van der Waals surface area contributed by atoms with Crippen LogP contribution >= 0.6 is 0 Å². The number of nitrogens with one attached hydrogen (secondary N) is 1. The summed E-state index contributed by atoms with van der Waals surface area (Å²) in [7, 11) is -4.10. The molecule has 0 aliphatic carbocycles. The Morgan fingerprint density at radius 1 is 1.30 bits per heavy atom. The van der Waals surface area contributed by atoms with Gasteiger partial charge in [-0.3, -0.25) is 9.35 Å². The standard InChI is InChI=1S/C13H21N3O5S2/c1-13(2,3)9-8-12(17)16(14)10-4-6-11(7-5-10)23(20,21)15-22(18)19/h4-7,15H,8-9,14H2,1-3H3,(H,18,19). The van der Waals surface area contributed by atoms with E-state index in [4.69, 9.17) is 10.4 Å².